The number of aliphatic hydroxyl groups is 1. The SMILES string of the molecule is NC(CC1(O)C=NC(=O)N1)C(=O)O. The smallest absolute Gasteiger partial charge is 0.343 e. The first-order valence-corrected chi connectivity index (χ1v) is 3.51. The quantitative estimate of drug-likeness (QED) is 0.417. The minimum atomic E-state index is -1.73. The molecule has 2 amide bonds. The maximum absolute atomic E-state index is 10.6. The van der Waals surface area contributed by atoms with E-state index in [9.17, 15) is 14.7 Å². The molecule has 0 bridgehead atoms. The van der Waals surface area contributed by atoms with Crippen molar-refractivity contribution >= 4 is 18.2 Å². The molecule has 7 nitrogen and oxygen atoms in total. The fourth-order valence-corrected chi connectivity index (χ4v) is 0.941. The van der Waals surface area contributed by atoms with Crippen LogP contribution in [0.1, 0.15) is 6.42 Å². The van der Waals surface area contributed by atoms with Gasteiger partial charge in [0.15, 0.2) is 5.72 Å². The van der Waals surface area contributed by atoms with Crippen LogP contribution in [0.4, 0.5) is 4.79 Å². The summed E-state index contributed by atoms with van der Waals surface area (Å²) >= 11 is 0. The van der Waals surface area contributed by atoms with Gasteiger partial charge < -0.3 is 21.3 Å². The Morgan fingerprint density at radius 3 is 2.85 bits per heavy atom. The molecular weight excluding hydrogens is 178 g/mol. The second-order valence-electron chi connectivity index (χ2n) is 2.76. The summed E-state index contributed by atoms with van der Waals surface area (Å²) in [5.41, 5.74) is 3.43. The fourth-order valence-electron chi connectivity index (χ4n) is 0.941. The van der Waals surface area contributed by atoms with E-state index in [0.29, 0.717) is 0 Å². The van der Waals surface area contributed by atoms with Gasteiger partial charge in [-0.1, -0.05) is 0 Å². The van der Waals surface area contributed by atoms with Gasteiger partial charge in [0.2, 0.25) is 0 Å². The van der Waals surface area contributed by atoms with Crippen LogP contribution < -0.4 is 11.1 Å². The van der Waals surface area contributed by atoms with E-state index in [2.05, 4.69) is 10.3 Å². The number of amides is 2. The van der Waals surface area contributed by atoms with Crippen molar-refractivity contribution in [2.24, 2.45) is 10.7 Å². The number of hydrogen-bond acceptors (Lipinski definition) is 4. The minimum absolute atomic E-state index is 0.308. The second-order valence-corrected chi connectivity index (χ2v) is 2.76. The normalized spacial score (nSPS) is 28.6. The molecule has 0 aromatic carbocycles. The zero-order valence-electron chi connectivity index (χ0n) is 6.60. The van der Waals surface area contributed by atoms with Crippen molar-refractivity contribution in [3.63, 3.8) is 0 Å². The topological polar surface area (TPSA) is 125 Å². The summed E-state index contributed by atoms with van der Waals surface area (Å²) in [5.74, 6) is -1.25. The molecule has 1 aliphatic rings. The standard InChI is InChI=1S/C6H9N3O4/c7-3(4(10)11)1-6(13)2-8-5(12)9-6/h2-3,13H,1,7H2,(H,9,12)(H,10,11). The first kappa shape index (κ1) is 9.62. The molecule has 1 rings (SSSR count). The van der Waals surface area contributed by atoms with E-state index in [1.165, 1.54) is 0 Å². The lowest BCUT2D eigenvalue weighted by Crippen LogP contribution is -2.50. The van der Waals surface area contributed by atoms with E-state index < -0.39 is 23.8 Å². The fraction of sp³-hybridized carbons (Fsp3) is 0.500. The van der Waals surface area contributed by atoms with E-state index in [-0.39, 0.29) is 6.42 Å². The van der Waals surface area contributed by atoms with Crippen LogP contribution in [-0.2, 0) is 4.79 Å². The molecule has 0 saturated heterocycles. The van der Waals surface area contributed by atoms with Crippen molar-refractivity contribution in [1.29, 1.82) is 0 Å². The molecular formula is C6H9N3O4. The molecule has 1 heterocycles. The number of hydrogen-bond donors (Lipinski definition) is 4. The van der Waals surface area contributed by atoms with Crippen LogP contribution in [0.25, 0.3) is 0 Å². The van der Waals surface area contributed by atoms with Gasteiger partial charge in [0.25, 0.3) is 0 Å². The Morgan fingerprint density at radius 1 is 1.85 bits per heavy atom. The summed E-state index contributed by atoms with van der Waals surface area (Å²) in [5, 5.41) is 20.0. The maximum atomic E-state index is 10.6. The molecule has 0 aromatic rings. The van der Waals surface area contributed by atoms with E-state index in [0.717, 1.165) is 6.21 Å². The lowest BCUT2D eigenvalue weighted by molar-refractivity contribution is -0.139. The molecule has 5 N–H and O–H groups in total. The summed E-state index contributed by atoms with van der Waals surface area (Å²) in [7, 11) is 0. The first-order valence-electron chi connectivity index (χ1n) is 3.51. The number of nitrogens with one attached hydrogen (secondary N) is 1. The van der Waals surface area contributed by atoms with Gasteiger partial charge in [-0.15, -0.1) is 0 Å². The Bertz CT molecular complexity index is 277. The van der Waals surface area contributed by atoms with Crippen molar-refractivity contribution < 1.29 is 19.8 Å². The molecule has 0 spiro atoms. The van der Waals surface area contributed by atoms with Crippen LogP contribution in [-0.4, -0.2) is 40.2 Å². The molecule has 7 heteroatoms. The lowest BCUT2D eigenvalue weighted by Gasteiger charge is -2.20. The second kappa shape index (κ2) is 3.11. The zero-order chi connectivity index (χ0) is 10.1. The number of nitrogens with two attached hydrogens (primary N) is 1. The number of rotatable bonds is 3. The highest BCUT2D eigenvalue weighted by Crippen LogP contribution is 2.10. The molecule has 0 radical (unpaired) electrons. The van der Waals surface area contributed by atoms with Gasteiger partial charge in [-0.25, -0.2) is 9.79 Å². The molecule has 0 fully saturated rings. The Kier molecular flexibility index (Phi) is 2.30. The van der Waals surface area contributed by atoms with Crippen LogP contribution in [0.15, 0.2) is 4.99 Å². The molecule has 2 atom stereocenters. The number of carbonyl (C=O) groups excluding carboxylic acids is 1. The average molecular weight is 187 g/mol. The summed E-state index contributed by atoms with van der Waals surface area (Å²) in [4.78, 5) is 24.1. The van der Waals surface area contributed by atoms with Gasteiger partial charge >= 0.3 is 12.0 Å². The molecule has 0 aromatic heterocycles. The van der Waals surface area contributed by atoms with E-state index in [4.69, 9.17) is 10.8 Å². The van der Waals surface area contributed by atoms with Crippen LogP contribution in [0.5, 0.6) is 0 Å². The van der Waals surface area contributed by atoms with Gasteiger partial charge in [-0.05, 0) is 0 Å². The van der Waals surface area contributed by atoms with Crippen molar-refractivity contribution in [2.45, 2.75) is 18.2 Å². The number of aliphatic imine (C=N–C) groups is 1. The number of urea groups is 1. The number of nitrogens with zero attached hydrogens (tertiary/aromatic N) is 1. The van der Waals surface area contributed by atoms with Gasteiger partial charge in [0.1, 0.15) is 6.04 Å². The lowest BCUT2D eigenvalue weighted by atomic mass is 10.1. The summed E-state index contributed by atoms with van der Waals surface area (Å²) in [6, 6.07) is -1.95. The third kappa shape index (κ3) is 2.23. The Labute approximate surface area is 73.3 Å². The zero-order valence-corrected chi connectivity index (χ0v) is 6.60. The van der Waals surface area contributed by atoms with Gasteiger partial charge in [0, 0.05) is 6.42 Å². The van der Waals surface area contributed by atoms with Crippen LogP contribution in [0.2, 0.25) is 0 Å². The molecule has 0 saturated carbocycles. The highest BCUT2D eigenvalue weighted by atomic mass is 16.4. The number of carbonyl (C=O) groups is 2. The minimum Gasteiger partial charge on any atom is -0.480 e. The summed E-state index contributed by atoms with van der Waals surface area (Å²) in [6.45, 7) is 0. The van der Waals surface area contributed by atoms with Gasteiger partial charge in [-0.2, -0.15) is 0 Å². The summed E-state index contributed by atoms with van der Waals surface area (Å²) in [6.07, 6.45) is 0.635. The third-order valence-corrected chi connectivity index (χ3v) is 1.57. The first-order chi connectivity index (χ1) is 5.93. The largest absolute Gasteiger partial charge is 0.480 e. The number of carboxylic acid groups (broad SMARTS) is 1. The predicted molar refractivity (Wildman–Crippen MR) is 42.2 cm³/mol. The van der Waals surface area contributed by atoms with E-state index >= 15 is 0 Å². The highest BCUT2D eigenvalue weighted by molar-refractivity contribution is 5.94. The molecule has 0 aliphatic carbocycles. The molecule has 2 unspecified atom stereocenters. The van der Waals surface area contributed by atoms with Crippen LogP contribution in [0.3, 0.4) is 0 Å². The Balaban J connectivity index is 2.59. The predicted octanol–water partition coefficient (Wildman–Crippen LogP) is -1.73. The van der Waals surface area contributed by atoms with Gasteiger partial charge in [-0.3, -0.25) is 4.79 Å². The highest BCUT2D eigenvalue weighted by Gasteiger charge is 2.35. The number of carboxylic acids is 1. The van der Waals surface area contributed by atoms with Crippen LogP contribution in [0, 0.1) is 0 Å². The average Bonchev–Trinajstić information content (AvgIpc) is 2.30. The van der Waals surface area contributed by atoms with E-state index in [1.54, 1.807) is 0 Å². The van der Waals surface area contributed by atoms with Crippen molar-refractivity contribution in [3.05, 3.63) is 0 Å². The van der Waals surface area contributed by atoms with Crippen molar-refractivity contribution in [1.82, 2.24) is 5.32 Å². The van der Waals surface area contributed by atoms with Crippen molar-refractivity contribution in [2.75, 3.05) is 0 Å². The number of aliphatic carboxylic acids is 1. The van der Waals surface area contributed by atoms with Gasteiger partial charge in [0.05, 0.1) is 6.21 Å². The Hall–Kier alpha value is -1.47. The summed E-state index contributed by atoms with van der Waals surface area (Å²) < 4.78 is 0. The van der Waals surface area contributed by atoms with E-state index in [1.807, 2.05) is 0 Å². The maximum Gasteiger partial charge on any atom is 0.343 e. The molecule has 13 heavy (non-hydrogen) atoms. The third-order valence-electron chi connectivity index (χ3n) is 1.57. The Morgan fingerprint density at radius 2 is 2.46 bits per heavy atom. The van der Waals surface area contributed by atoms with Crippen LogP contribution >= 0.6 is 0 Å². The monoisotopic (exact) mass is 187 g/mol. The molecule has 1 aliphatic heterocycles. The molecule has 72 valence electrons. The van der Waals surface area contributed by atoms with Crippen molar-refractivity contribution in [3.8, 4) is 0 Å².